The van der Waals surface area contributed by atoms with Crippen LogP contribution in [0.2, 0.25) is 0 Å². The minimum absolute atomic E-state index is 0.0484. The molecule has 1 fully saturated rings. The SMILES string of the molecule is CC(C)(C)c1cc(C(C)(C)C)cc(S(=O)(=O)N2CCC[C@H]2C(=O)NCCN=C(N)N)c1. The maximum Gasteiger partial charge on any atom is 0.243 e. The summed E-state index contributed by atoms with van der Waals surface area (Å²) in [6.45, 7) is 13.2. The van der Waals surface area contributed by atoms with Gasteiger partial charge in [-0.15, -0.1) is 0 Å². The number of benzene rings is 1. The molecule has 2 rings (SSSR count). The van der Waals surface area contributed by atoms with Gasteiger partial charge in [-0.1, -0.05) is 47.6 Å². The highest BCUT2D eigenvalue weighted by atomic mass is 32.2. The number of aliphatic imine (C=N–C) groups is 1. The molecule has 1 aliphatic heterocycles. The summed E-state index contributed by atoms with van der Waals surface area (Å²) in [6, 6.07) is 4.84. The van der Waals surface area contributed by atoms with Gasteiger partial charge in [-0.3, -0.25) is 9.79 Å². The van der Waals surface area contributed by atoms with E-state index in [1.165, 1.54) is 4.31 Å². The van der Waals surface area contributed by atoms with Crippen LogP contribution in [0.1, 0.15) is 65.5 Å². The van der Waals surface area contributed by atoms with Gasteiger partial charge in [0.2, 0.25) is 15.9 Å². The number of carbonyl (C=O) groups excluding carboxylic acids is 1. The van der Waals surface area contributed by atoms with Crippen LogP contribution in [0.4, 0.5) is 0 Å². The summed E-state index contributed by atoms with van der Waals surface area (Å²) in [5.74, 6) is -0.373. The number of guanidine groups is 1. The molecule has 31 heavy (non-hydrogen) atoms. The highest BCUT2D eigenvalue weighted by Crippen LogP contribution is 2.34. The maximum atomic E-state index is 13.6. The minimum Gasteiger partial charge on any atom is -0.370 e. The topological polar surface area (TPSA) is 131 Å². The van der Waals surface area contributed by atoms with Gasteiger partial charge < -0.3 is 16.8 Å². The van der Waals surface area contributed by atoms with Gasteiger partial charge in [-0.05, 0) is 46.9 Å². The fourth-order valence-electron chi connectivity index (χ4n) is 3.52. The Balaban J connectivity index is 2.37. The largest absolute Gasteiger partial charge is 0.370 e. The van der Waals surface area contributed by atoms with Crippen LogP contribution >= 0.6 is 0 Å². The first-order valence-corrected chi connectivity index (χ1v) is 12.1. The summed E-state index contributed by atoms with van der Waals surface area (Å²) in [5, 5.41) is 2.74. The van der Waals surface area contributed by atoms with E-state index in [0.29, 0.717) is 19.4 Å². The predicted molar refractivity (Wildman–Crippen MR) is 124 cm³/mol. The zero-order valence-electron chi connectivity index (χ0n) is 19.5. The molecule has 0 aliphatic carbocycles. The third-order valence-corrected chi connectivity index (χ3v) is 7.34. The van der Waals surface area contributed by atoms with E-state index in [4.69, 9.17) is 11.5 Å². The molecule has 1 aromatic rings. The Morgan fingerprint density at radius 2 is 1.65 bits per heavy atom. The molecule has 1 atom stereocenters. The second-order valence-electron chi connectivity index (χ2n) is 10.1. The quantitative estimate of drug-likeness (QED) is 0.345. The average Bonchev–Trinajstić information content (AvgIpc) is 3.14. The molecule has 9 heteroatoms. The van der Waals surface area contributed by atoms with E-state index in [9.17, 15) is 13.2 Å². The fourth-order valence-corrected chi connectivity index (χ4v) is 5.25. The molecular formula is C22H37N5O3S. The van der Waals surface area contributed by atoms with Crippen molar-refractivity contribution in [2.45, 2.75) is 76.2 Å². The van der Waals surface area contributed by atoms with Crippen molar-refractivity contribution < 1.29 is 13.2 Å². The molecule has 0 unspecified atom stereocenters. The molecule has 1 aliphatic rings. The molecule has 1 amide bonds. The van der Waals surface area contributed by atoms with E-state index >= 15 is 0 Å². The summed E-state index contributed by atoms with van der Waals surface area (Å²) >= 11 is 0. The number of carbonyl (C=O) groups is 1. The average molecular weight is 452 g/mol. The zero-order valence-corrected chi connectivity index (χ0v) is 20.3. The summed E-state index contributed by atoms with van der Waals surface area (Å²) in [5.41, 5.74) is 12.1. The van der Waals surface area contributed by atoms with Gasteiger partial charge in [0.05, 0.1) is 11.4 Å². The first-order chi connectivity index (χ1) is 14.1. The lowest BCUT2D eigenvalue weighted by atomic mass is 9.81. The second-order valence-corrected chi connectivity index (χ2v) is 12.0. The van der Waals surface area contributed by atoms with E-state index in [2.05, 4.69) is 57.9 Å². The van der Waals surface area contributed by atoms with Gasteiger partial charge in [-0.25, -0.2) is 8.42 Å². The predicted octanol–water partition coefficient (Wildman–Crippen LogP) is 1.82. The highest BCUT2D eigenvalue weighted by Gasteiger charge is 2.40. The lowest BCUT2D eigenvalue weighted by Crippen LogP contribution is -2.46. The lowest BCUT2D eigenvalue weighted by molar-refractivity contribution is -0.124. The van der Waals surface area contributed by atoms with E-state index in [1.807, 2.05) is 0 Å². The van der Waals surface area contributed by atoms with E-state index in [0.717, 1.165) is 11.1 Å². The Hall–Kier alpha value is -2.13. The van der Waals surface area contributed by atoms with E-state index < -0.39 is 16.1 Å². The third kappa shape index (κ3) is 6.20. The third-order valence-electron chi connectivity index (χ3n) is 5.46. The van der Waals surface area contributed by atoms with Crippen LogP contribution in [-0.2, 0) is 25.6 Å². The number of hydrogen-bond donors (Lipinski definition) is 3. The second kappa shape index (κ2) is 9.16. The van der Waals surface area contributed by atoms with Crippen molar-refractivity contribution in [3.05, 3.63) is 29.3 Å². The van der Waals surface area contributed by atoms with Crippen molar-refractivity contribution in [3.63, 3.8) is 0 Å². The van der Waals surface area contributed by atoms with E-state index in [-0.39, 0.29) is 40.7 Å². The summed E-state index contributed by atoms with van der Waals surface area (Å²) in [6.07, 6.45) is 1.12. The van der Waals surface area contributed by atoms with Gasteiger partial charge in [0.15, 0.2) is 5.96 Å². The number of nitrogens with zero attached hydrogens (tertiary/aromatic N) is 2. The van der Waals surface area contributed by atoms with Crippen LogP contribution in [0.25, 0.3) is 0 Å². The van der Waals surface area contributed by atoms with Crippen LogP contribution in [0, 0.1) is 0 Å². The Kier molecular flexibility index (Phi) is 7.43. The molecule has 0 radical (unpaired) electrons. The molecule has 8 nitrogen and oxygen atoms in total. The Morgan fingerprint density at radius 3 is 2.13 bits per heavy atom. The van der Waals surface area contributed by atoms with Crippen LogP contribution in [0.15, 0.2) is 28.1 Å². The van der Waals surface area contributed by atoms with Crippen LogP contribution in [-0.4, -0.2) is 50.3 Å². The number of nitrogens with one attached hydrogen (secondary N) is 1. The number of nitrogens with two attached hydrogens (primary N) is 2. The number of amides is 1. The van der Waals surface area contributed by atoms with Crippen molar-refractivity contribution >= 4 is 21.9 Å². The van der Waals surface area contributed by atoms with Gasteiger partial charge in [0.1, 0.15) is 6.04 Å². The van der Waals surface area contributed by atoms with Crippen molar-refractivity contribution in [2.75, 3.05) is 19.6 Å². The number of hydrogen-bond acceptors (Lipinski definition) is 4. The van der Waals surface area contributed by atoms with Gasteiger partial charge in [0, 0.05) is 13.1 Å². The van der Waals surface area contributed by atoms with E-state index in [1.54, 1.807) is 12.1 Å². The molecule has 174 valence electrons. The minimum atomic E-state index is -3.84. The Bertz CT molecular complexity index is 907. The van der Waals surface area contributed by atoms with Crippen molar-refractivity contribution in [3.8, 4) is 0 Å². The van der Waals surface area contributed by atoms with Crippen molar-refractivity contribution in [1.29, 1.82) is 0 Å². The molecule has 1 saturated heterocycles. The number of rotatable bonds is 6. The molecule has 0 aromatic heterocycles. The Labute approximate surface area is 186 Å². The normalized spacial score (nSPS) is 18.1. The van der Waals surface area contributed by atoms with Crippen molar-refractivity contribution in [1.82, 2.24) is 9.62 Å². The van der Waals surface area contributed by atoms with Crippen LogP contribution in [0.3, 0.4) is 0 Å². The lowest BCUT2D eigenvalue weighted by Gasteiger charge is -2.28. The highest BCUT2D eigenvalue weighted by molar-refractivity contribution is 7.89. The molecule has 0 spiro atoms. The smallest absolute Gasteiger partial charge is 0.243 e. The molecular weight excluding hydrogens is 414 g/mol. The summed E-state index contributed by atoms with van der Waals surface area (Å²) in [4.78, 5) is 16.8. The standard InChI is InChI=1S/C22H37N5O3S/c1-21(2,3)15-12-16(22(4,5)6)14-17(13-15)31(29,30)27-11-7-8-18(27)19(28)25-9-10-26-20(23)24/h12-14,18H,7-11H2,1-6H3,(H,25,28)(H4,23,24,26)/t18-/m0/s1. The molecule has 5 N–H and O–H groups in total. The van der Waals surface area contributed by atoms with Gasteiger partial charge >= 0.3 is 0 Å². The fraction of sp³-hybridized carbons (Fsp3) is 0.636. The molecule has 1 aromatic carbocycles. The number of sulfonamides is 1. The zero-order chi connectivity index (χ0) is 23.6. The van der Waals surface area contributed by atoms with Crippen molar-refractivity contribution in [2.24, 2.45) is 16.5 Å². The molecule has 1 heterocycles. The summed E-state index contributed by atoms with van der Waals surface area (Å²) < 4.78 is 28.6. The van der Waals surface area contributed by atoms with Crippen LogP contribution in [0.5, 0.6) is 0 Å². The van der Waals surface area contributed by atoms with Gasteiger partial charge in [0.25, 0.3) is 0 Å². The summed E-state index contributed by atoms with van der Waals surface area (Å²) in [7, 11) is -3.84. The molecule has 0 saturated carbocycles. The molecule has 0 bridgehead atoms. The first kappa shape index (κ1) is 25.1. The van der Waals surface area contributed by atoms with Gasteiger partial charge in [-0.2, -0.15) is 4.31 Å². The first-order valence-electron chi connectivity index (χ1n) is 10.6. The van der Waals surface area contributed by atoms with Crippen LogP contribution < -0.4 is 16.8 Å². The monoisotopic (exact) mass is 451 g/mol. The maximum absolute atomic E-state index is 13.6. The Morgan fingerprint density at radius 1 is 1.10 bits per heavy atom.